The van der Waals surface area contributed by atoms with Gasteiger partial charge in [0.25, 0.3) is 11.5 Å². The van der Waals surface area contributed by atoms with Crippen LogP contribution in [0.15, 0.2) is 68.6 Å². The second-order valence-electron chi connectivity index (χ2n) is 6.85. The number of rotatable bonds is 6. The van der Waals surface area contributed by atoms with Crippen LogP contribution in [-0.2, 0) is 13.1 Å². The summed E-state index contributed by atoms with van der Waals surface area (Å²) in [5.74, 6) is 0.965. The highest BCUT2D eigenvalue weighted by Crippen LogP contribution is 2.25. The molecule has 3 heterocycles. The lowest BCUT2D eigenvalue weighted by Gasteiger charge is -2.29. The summed E-state index contributed by atoms with van der Waals surface area (Å²) in [6, 6.07) is 11.3. The predicted octanol–water partition coefficient (Wildman–Crippen LogP) is 4.66. The van der Waals surface area contributed by atoms with Crippen LogP contribution in [0, 0.1) is 0 Å². The number of furan rings is 2. The van der Waals surface area contributed by atoms with Crippen LogP contribution in [0.2, 0.25) is 5.02 Å². The van der Waals surface area contributed by atoms with Gasteiger partial charge in [0.2, 0.25) is 0 Å². The normalized spacial score (nSPS) is 12.2. The number of aromatic nitrogens is 2. The van der Waals surface area contributed by atoms with Crippen molar-refractivity contribution in [3.63, 3.8) is 0 Å². The van der Waals surface area contributed by atoms with E-state index in [-0.39, 0.29) is 23.8 Å². The SMILES string of the molecule is CCn1c(C(C)N(Cc2ccco2)C(=O)c2ccco2)nc2ccc(Cl)cc2c1=O. The molecular weight excluding hydrogens is 406 g/mol. The third kappa shape index (κ3) is 3.64. The lowest BCUT2D eigenvalue weighted by molar-refractivity contribution is 0.0613. The summed E-state index contributed by atoms with van der Waals surface area (Å²) in [5.41, 5.74) is 0.328. The van der Waals surface area contributed by atoms with E-state index in [9.17, 15) is 9.59 Å². The lowest BCUT2D eigenvalue weighted by Crippen LogP contribution is -2.37. The highest BCUT2D eigenvalue weighted by molar-refractivity contribution is 6.31. The van der Waals surface area contributed by atoms with Gasteiger partial charge >= 0.3 is 0 Å². The molecule has 0 bridgehead atoms. The maximum atomic E-state index is 13.2. The number of hydrogen-bond donors (Lipinski definition) is 0. The second kappa shape index (κ2) is 8.20. The molecule has 0 fully saturated rings. The van der Waals surface area contributed by atoms with E-state index in [1.807, 2.05) is 13.8 Å². The molecule has 0 aliphatic carbocycles. The Bertz CT molecular complexity index is 1230. The Morgan fingerprint density at radius 1 is 1.20 bits per heavy atom. The number of fused-ring (bicyclic) bond motifs is 1. The predicted molar refractivity (Wildman–Crippen MR) is 112 cm³/mol. The molecule has 4 aromatic rings. The molecule has 0 aliphatic heterocycles. The zero-order chi connectivity index (χ0) is 21.3. The smallest absolute Gasteiger partial charge is 0.290 e. The van der Waals surface area contributed by atoms with Gasteiger partial charge in [0, 0.05) is 11.6 Å². The van der Waals surface area contributed by atoms with Crippen molar-refractivity contribution in [2.45, 2.75) is 33.0 Å². The van der Waals surface area contributed by atoms with Crippen molar-refractivity contribution in [1.29, 1.82) is 0 Å². The molecule has 4 rings (SSSR count). The number of halogens is 1. The zero-order valence-electron chi connectivity index (χ0n) is 16.5. The minimum Gasteiger partial charge on any atom is -0.467 e. The van der Waals surface area contributed by atoms with Gasteiger partial charge in [0.15, 0.2) is 5.76 Å². The number of carbonyl (C=O) groups is 1. The van der Waals surface area contributed by atoms with Crippen LogP contribution in [-0.4, -0.2) is 20.4 Å². The third-order valence-corrected chi connectivity index (χ3v) is 5.24. The van der Waals surface area contributed by atoms with Gasteiger partial charge < -0.3 is 13.7 Å². The van der Waals surface area contributed by atoms with Crippen molar-refractivity contribution in [2.75, 3.05) is 0 Å². The van der Waals surface area contributed by atoms with E-state index in [0.29, 0.717) is 34.1 Å². The molecule has 1 aromatic carbocycles. The molecule has 0 aliphatic rings. The first-order chi connectivity index (χ1) is 14.5. The molecule has 154 valence electrons. The fourth-order valence-electron chi connectivity index (χ4n) is 3.47. The molecule has 1 atom stereocenters. The molecule has 0 radical (unpaired) electrons. The zero-order valence-corrected chi connectivity index (χ0v) is 17.3. The minimum atomic E-state index is -0.527. The molecule has 30 heavy (non-hydrogen) atoms. The van der Waals surface area contributed by atoms with Crippen molar-refractivity contribution < 1.29 is 13.6 Å². The first-order valence-electron chi connectivity index (χ1n) is 9.56. The summed E-state index contributed by atoms with van der Waals surface area (Å²) in [7, 11) is 0. The monoisotopic (exact) mass is 425 g/mol. The summed E-state index contributed by atoms with van der Waals surface area (Å²) in [6.07, 6.45) is 3.00. The van der Waals surface area contributed by atoms with Crippen LogP contribution < -0.4 is 5.56 Å². The van der Waals surface area contributed by atoms with Gasteiger partial charge in [-0.25, -0.2) is 4.98 Å². The lowest BCUT2D eigenvalue weighted by atomic mass is 10.2. The molecule has 0 saturated heterocycles. The minimum absolute atomic E-state index is 0.199. The van der Waals surface area contributed by atoms with Gasteiger partial charge in [-0.3, -0.25) is 14.2 Å². The Morgan fingerprint density at radius 2 is 1.97 bits per heavy atom. The summed E-state index contributed by atoms with van der Waals surface area (Å²) >= 11 is 6.07. The topological polar surface area (TPSA) is 81.5 Å². The first-order valence-corrected chi connectivity index (χ1v) is 9.94. The fraction of sp³-hybridized carbons (Fsp3) is 0.227. The Morgan fingerprint density at radius 3 is 2.63 bits per heavy atom. The van der Waals surface area contributed by atoms with Gasteiger partial charge in [-0.1, -0.05) is 11.6 Å². The van der Waals surface area contributed by atoms with Gasteiger partial charge in [-0.2, -0.15) is 0 Å². The van der Waals surface area contributed by atoms with Gasteiger partial charge in [0.1, 0.15) is 11.6 Å². The number of benzene rings is 1. The van der Waals surface area contributed by atoms with Crippen LogP contribution in [0.1, 0.15) is 42.0 Å². The first kappa shape index (κ1) is 20.0. The molecule has 0 spiro atoms. The molecule has 0 N–H and O–H groups in total. The van der Waals surface area contributed by atoms with E-state index in [0.717, 1.165) is 0 Å². The summed E-state index contributed by atoms with van der Waals surface area (Å²) in [4.78, 5) is 32.6. The molecule has 1 unspecified atom stereocenters. The third-order valence-electron chi connectivity index (χ3n) is 5.00. The quantitative estimate of drug-likeness (QED) is 0.448. The number of nitrogens with zero attached hydrogens (tertiary/aromatic N) is 3. The van der Waals surface area contributed by atoms with Crippen LogP contribution in [0.25, 0.3) is 10.9 Å². The highest BCUT2D eigenvalue weighted by atomic mass is 35.5. The number of amides is 1. The van der Waals surface area contributed by atoms with E-state index >= 15 is 0 Å². The Hall–Kier alpha value is -3.32. The number of carbonyl (C=O) groups excluding carboxylic acids is 1. The van der Waals surface area contributed by atoms with E-state index in [2.05, 4.69) is 0 Å². The number of hydrogen-bond acceptors (Lipinski definition) is 5. The van der Waals surface area contributed by atoms with Crippen LogP contribution >= 0.6 is 11.6 Å². The molecular formula is C22H20ClN3O4. The molecule has 3 aromatic heterocycles. The van der Waals surface area contributed by atoms with Crippen LogP contribution in [0.5, 0.6) is 0 Å². The molecule has 8 heteroatoms. The van der Waals surface area contributed by atoms with Crippen LogP contribution in [0.4, 0.5) is 0 Å². The standard InChI is InChI=1S/C22H20ClN3O4/c1-3-25-20(24-18-9-8-15(23)12-17(18)21(25)27)14(2)26(13-16-6-4-10-29-16)22(28)19-7-5-11-30-19/h4-12,14H,3,13H2,1-2H3. The van der Waals surface area contributed by atoms with E-state index in [4.69, 9.17) is 25.4 Å². The average Bonchev–Trinajstić information content (AvgIpc) is 3.45. The summed E-state index contributed by atoms with van der Waals surface area (Å²) in [5, 5.41) is 0.910. The van der Waals surface area contributed by atoms with Crippen molar-refractivity contribution in [2.24, 2.45) is 0 Å². The highest BCUT2D eigenvalue weighted by Gasteiger charge is 2.29. The van der Waals surface area contributed by atoms with Gasteiger partial charge in [0.05, 0.1) is 36.0 Å². The fourth-order valence-corrected chi connectivity index (χ4v) is 3.64. The molecule has 1 amide bonds. The second-order valence-corrected chi connectivity index (χ2v) is 7.28. The van der Waals surface area contributed by atoms with Crippen molar-refractivity contribution in [1.82, 2.24) is 14.5 Å². The van der Waals surface area contributed by atoms with Crippen LogP contribution in [0.3, 0.4) is 0 Å². The van der Waals surface area contributed by atoms with E-state index in [1.54, 1.807) is 58.2 Å². The van der Waals surface area contributed by atoms with Crippen molar-refractivity contribution in [3.05, 3.63) is 87.7 Å². The van der Waals surface area contributed by atoms with Crippen molar-refractivity contribution >= 4 is 28.4 Å². The molecule has 7 nitrogen and oxygen atoms in total. The Kier molecular flexibility index (Phi) is 5.46. The average molecular weight is 426 g/mol. The van der Waals surface area contributed by atoms with Gasteiger partial charge in [-0.15, -0.1) is 0 Å². The van der Waals surface area contributed by atoms with E-state index < -0.39 is 6.04 Å². The maximum Gasteiger partial charge on any atom is 0.290 e. The summed E-state index contributed by atoms with van der Waals surface area (Å²) in [6.45, 7) is 4.30. The molecule has 0 saturated carbocycles. The van der Waals surface area contributed by atoms with E-state index in [1.165, 1.54) is 6.26 Å². The Labute approximate surface area is 177 Å². The van der Waals surface area contributed by atoms with Gasteiger partial charge in [-0.05, 0) is 56.3 Å². The Balaban J connectivity index is 1.83. The maximum absolute atomic E-state index is 13.2. The summed E-state index contributed by atoms with van der Waals surface area (Å²) < 4.78 is 12.3. The van der Waals surface area contributed by atoms with Crippen molar-refractivity contribution in [3.8, 4) is 0 Å². The largest absolute Gasteiger partial charge is 0.467 e.